The maximum atomic E-state index is 13.2. The molecule has 0 aliphatic carbocycles. The number of morpholine rings is 1. The SMILES string of the molecule is COCCN1C(=O)/C(=C/c2ccc(N3CCOCC3)cc2OC)SC1=Nc1ccc(OC)cc1. The average Bonchev–Trinajstić information content (AvgIpc) is 3.17. The van der Waals surface area contributed by atoms with Crippen LogP contribution in [0.15, 0.2) is 52.4 Å². The highest BCUT2D eigenvalue weighted by Gasteiger charge is 2.33. The predicted octanol–water partition coefficient (Wildman–Crippen LogP) is 3.79. The number of carbonyl (C=O) groups is 1. The van der Waals surface area contributed by atoms with Gasteiger partial charge in [-0.05, 0) is 54.2 Å². The number of nitrogens with zero attached hydrogens (tertiary/aromatic N) is 3. The Hall–Kier alpha value is -3.01. The Bertz CT molecular complexity index is 1060. The van der Waals surface area contributed by atoms with E-state index in [0.717, 1.165) is 35.8 Å². The normalized spacial score (nSPS) is 18.7. The fourth-order valence-corrected chi connectivity index (χ4v) is 4.73. The second kappa shape index (κ2) is 11.4. The van der Waals surface area contributed by atoms with Gasteiger partial charge in [-0.1, -0.05) is 0 Å². The van der Waals surface area contributed by atoms with E-state index in [-0.39, 0.29) is 5.91 Å². The van der Waals surface area contributed by atoms with Crippen molar-refractivity contribution in [2.45, 2.75) is 0 Å². The molecule has 4 rings (SSSR count). The van der Waals surface area contributed by atoms with Crippen molar-refractivity contribution in [3.05, 3.63) is 52.9 Å². The van der Waals surface area contributed by atoms with Crippen molar-refractivity contribution >= 4 is 40.3 Å². The van der Waals surface area contributed by atoms with Crippen molar-refractivity contribution in [3.63, 3.8) is 0 Å². The number of amidine groups is 1. The Morgan fingerprint density at radius 3 is 2.50 bits per heavy atom. The van der Waals surface area contributed by atoms with Gasteiger partial charge in [0.1, 0.15) is 11.5 Å². The number of hydrogen-bond acceptors (Lipinski definition) is 8. The number of carbonyl (C=O) groups excluding carboxylic acids is 1. The summed E-state index contributed by atoms with van der Waals surface area (Å²) in [7, 11) is 4.88. The Morgan fingerprint density at radius 2 is 1.82 bits per heavy atom. The van der Waals surface area contributed by atoms with Crippen molar-refractivity contribution in [1.82, 2.24) is 4.90 Å². The van der Waals surface area contributed by atoms with Crippen molar-refractivity contribution in [3.8, 4) is 11.5 Å². The van der Waals surface area contributed by atoms with Crippen LogP contribution < -0.4 is 14.4 Å². The van der Waals surface area contributed by atoms with E-state index in [1.165, 1.54) is 11.8 Å². The van der Waals surface area contributed by atoms with E-state index < -0.39 is 0 Å². The largest absolute Gasteiger partial charge is 0.497 e. The molecule has 180 valence electrons. The van der Waals surface area contributed by atoms with E-state index in [9.17, 15) is 4.79 Å². The quantitative estimate of drug-likeness (QED) is 0.529. The molecular formula is C25H29N3O5S. The van der Waals surface area contributed by atoms with Crippen LogP contribution in [0.2, 0.25) is 0 Å². The monoisotopic (exact) mass is 483 g/mol. The molecule has 0 spiro atoms. The van der Waals surface area contributed by atoms with Gasteiger partial charge >= 0.3 is 0 Å². The minimum atomic E-state index is -0.103. The second-order valence-corrected chi connectivity index (χ2v) is 8.69. The number of amides is 1. The molecular weight excluding hydrogens is 454 g/mol. The molecule has 8 nitrogen and oxygen atoms in total. The molecule has 34 heavy (non-hydrogen) atoms. The topological polar surface area (TPSA) is 72.8 Å². The maximum absolute atomic E-state index is 13.2. The van der Waals surface area contributed by atoms with Crippen LogP contribution in [-0.4, -0.2) is 76.8 Å². The third kappa shape index (κ3) is 5.55. The van der Waals surface area contributed by atoms with Gasteiger partial charge in [0.05, 0.1) is 51.2 Å². The Labute approximate surface area is 204 Å². The van der Waals surface area contributed by atoms with Crippen LogP contribution in [0.5, 0.6) is 11.5 Å². The van der Waals surface area contributed by atoms with Crippen LogP contribution in [0.4, 0.5) is 11.4 Å². The molecule has 0 bridgehead atoms. The molecule has 2 aliphatic heterocycles. The molecule has 0 saturated carbocycles. The summed E-state index contributed by atoms with van der Waals surface area (Å²) in [6, 6.07) is 13.5. The summed E-state index contributed by atoms with van der Waals surface area (Å²) in [4.78, 5) is 22.5. The molecule has 0 N–H and O–H groups in total. The Balaban J connectivity index is 1.61. The fourth-order valence-electron chi connectivity index (χ4n) is 3.72. The van der Waals surface area contributed by atoms with Crippen molar-refractivity contribution in [2.24, 2.45) is 4.99 Å². The molecule has 0 unspecified atom stereocenters. The molecule has 2 heterocycles. The highest BCUT2D eigenvalue weighted by atomic mass is 32.2. The minimum absolute atomic E-state index is 0.103. The summed E-state index contributed by atoms with van der Waals surface area (Å²) >= 11 is 1.35. The zero-order valence-electron chi connectivity index (χ0n) is 19.7. The Morgan fingerprint density at radius 1 is 1.06 bits per heavy atom. The molecule has 0 aromatic heterocycles. The van der Waals surface area contributed by atoms with E-state index in [1.54, 1.807) is 26.2 Å². The first-order chi connectivity index (χ1) is 16.6. The van der Waals surface area contributed by atoms with E-state index in [1.807, 2.05) is 42.5 Å². The molecule has 0 radical (unpaired) electrons. The first kappa shape index (κ1) is 24.1. The van der Waals surface area contributed by atoms with Gasteiger partial charge in [-0.15, -0.1) is 0 Å². The highest BCUT2D eigenvalue weighted by Crippen LogP contribution is 2.36. The zero-order chi connectivity index (χ0) is 23.9. The third-order valence-electron chi connectivity index (χ3n) is 5.58. The van der Waals surface area contributed by atoms with Crippen molar-refractivity contribution in [1.29, 1.82) is 0 Å². The summed E-state index contributed by atoms with van der Waals surface area (Å²) in [5.41, 5.74) is 2.66. The molecule has 9 heteroatoms. The van der Waals surface area contributed by atoms with Crippen LogP contribution in [0.1, 0.15) is 5.56 Å². The van der Waals surface area contributed by atoms with E-state index in [0.29, 0.717) is 42.2 Å². The van der Waals surface area contributed by atoms with Crippen molar-refractivity contribution in [2.75, 3.05) is 65.7 Å². The maximum Gasteiger partial charge on any atom is 0.266 e. The van der Waals surface area contributed by atoms with E-state index in [4.69, 9.17) is 23.9 Å². The van der Waals surface area contributed by atoms with Gasteiger partial charge in [0.25, 0.3) is 5.91 Å². The lowest BCUT2D eigenvalue weighted by Gasteiger charge is -2.29. The molecule has 2 saturated heterocycles. The number of anilines is 1. The van der Waals surface area contributed by atoms with Gasteiger partial charge in [-0.25, -0.2) is 4.99 Å². The lowest BCUT2D eigenvalue weighted by atomic mass is 10.1. The van der Waals surface area contributed by atoms with Gasteiger partial charge in [0.2, 0.25) is 0 Å². The molecule has 0 atom stereocenters. The number of ether oxygens (including phenoxy) is 4. The van der Waals surface area contributed by atoms with Crippen LogP contribution in [0.3, 0.4) is 0 Å². The highest BCUT2D eigenvalue weighted by molar-refractivity contribution is 8.18. The molecule has 2 aromatic carbocycles. The molecule has 2 aliphatic rings. The minimum Gasteiger partial charge on any atom is -0.497 e. The average molecular weight is 484 g/mol. The number of hydrogen-bond donors (Lipinski definition) is 0. The van der Waals surface area contributed by atoms with Gasteiger partial charge in [-0.3, -0.25) is 9.69 Å². The number of methoxy groups -OCH3 is 3. The van der Waals surface area contributed by atoms with E-state index in [2.05, 4.69) is 11.0 Å². The molecule has 2 aromatic rings. The van der Waals surface area contributed by atoms with Gasteiger partial charge < -0.3 is 23.8 Å². The lowest BCUT2D eigenvalue weighted by Crippen LogP contribution is -2.36. The van der Waals surface area contributed by atoms with Crippen LogP contribution in [0, 0.1) is 0 Å². The predicted molar refractivity (Wildman–Crippen MR) is 135 cm³/mol. The molecule has 2 fully saturated rings. The Kier molecular flexibility index (Phi) is 8.10. The lowest BCUT2D eigenvalue weighted by molar-refractivity contribution is -0.122. The number of thioether (sulfide) groups is 1. The summed E-state index contributed by atoms with van der Waals surface area (Å²) in [6.45, 7) is 3.95. The van der Waals surface area contributed by atoms with Gasteiger partial charge in [-0.2, -0.15) is 0 Å². The van der Waals surface area contributed by atoms with Crippen LogP contribution in [-0.2, 0) is 14.3 Å². The van der Waals surface area contributed by atoms with Crippen molar-refractivity contribution < 1.29 is 23.7 Å². The summed E-state index contributed by atoms with van der Waals surface area (Å²) in [5.74, 6) is 1.37. The van der Waals surface area contributed by atoms with E-state index >= 15 is 0 Å². The summed E-state index contributed by atoms with van der Waals surface area (Å²) in [6.07, 6.45) is 1.87. The first-order valence-electron chi connectivity index (χ1n) is 11.1. The van der Waals surface area contributed by atoms with Gasteiger partial charge in [0.15, 0.2) is 5.17 Å². The number of rotatable bonds is 8. The number of benzene rings is 2. The van der Waals surface area contributed by atoms with Crippen LogP contribution in [0.25, 0.3) is 6.08 Å². The fraction of sp³-hybridized carbons (Fsp3) is 0.360. The molecule has 1 amide bonds. The van der Waals surface area contributed by atoms with Gasteiger partial charge in [0, 0.05) is 37.5 Å². The first-order valence-corrected chi connectivity index (χ1v) is 11.9. The number of aliphatic imine (C=N–C) groups is 1. The second-order valence-electron chi connectivity index (χ2n) is 7.68. The smallest absolute Gasteiger partial charge is 0.266 e. The summed E-state index contributed by atoms with van der Waals surface area (Å²) in [5, 5.41) is 0.613. The standard InChI is InChI=1S/C25H29N3O5S/c1-30-13-12-28-24(29)23(34-25(28)26-19-5-8-21(31-2)9-6-19)16-18-4-7-20(17-22(18)32-3)27-10-14-33-15-11-27/h4-9,16-17H,10-15H2,1-3H3/b23-16-,26-25?. The zero-order valence-corrected chi connectivity index (χ0v) is 20.5. The summed E-state index contributed by atoms with van der Waals surface area (Å²) < 4.78 is 21.5. The van der Waals surface area contributed by atoms with Crippen LogP contribution >= 0.6 is 11.8 Å². The third-order valence-corrected chi connectivity index (χ3v) is 6.59.